The number of allylic oxidation sites excluding steroid dienone is 1. The molecule has 0 aromatic heterocycles. The van der Waals surface area contributed by atoms with Crippen LogP contribution < -0.4 is 5.19 Å². The first-order valence-electron chi connectivity index (χ1n) is 5.85. The molecule has 0 N–H and O–H groups in total. The van der Waals surface area contributed by atoms with Crippen LogP contribution in [0.25, 0.3) is 0 Å². The molecule has 0 fully saturated rings. The molecule has 0 nitrogen and oxygen atoms in total. The van der Waals surface area contributed by atoms with Crippen molar-refractivity contribution < 1.29 is 21.1 Å². The van der Waals surface area contributed by atoms with E-state index in [-0.39, 0.29) is 21.1 Å². The van der Waals surface area contributed by atoms with E-state index in [2.05, 4.69) is 70.1 Å². The molecule has 0 saturated carbocycles. The van der Waals surface area contributed by atoms with Crippen LogP contribution in [0.1, 0.15) is 0 Å². The molecule has 0 bridgehead atoms. The Labute approximate surface area is 124 Å². The zero-order valence-corrected chi connectivity index (χ0v) is 16.1. The fourth-order valence-corrected chi connectivity index (χ4v) is 3.36. The molecular weight excluding hydrogens is 419 g/mol. The van der Waals surface area contributed by atoms with Gasteiger partial charge < -0.3 is 6.55 Å². The molecule has 1 aromatic carbocycles. The van der Waals surface area contributed by atoms with Gasteiger partial charge in [-0.05, 0) is 6.04 Å². The zero-order valence-electron chi connectivity index (χ0n) is 11.8. The summed E-state index contributed by atoms with van der Waals surface area (Å²) in [5, 5.41) is 1.54. The van der Waals surface area contributed by atoms with Gasteiger partial charge in [0.2, 0.25) is 0 Å². The van der Waals surface area contributed by atoms with Gasteiger partial charge in [0.15, 0.2) is 0 Å². The summed E-state index contributed by atoms with van der Waals surface area (Å²) < 4.78 is 0. The van der Waals surface area contributed by atoms with E-state index in [4.69, 9.17) is 0 Å². The summed E-state index contributed by atoms with van der Waals surface area (Å²) in [5.41, 5.74) is 0. The van der Waals surface area contributed by atoms with Gasteiger partial charge in [-0.3, -0.25) is 0 Å². The van der Waals surface area contributed by atoms with Crippen molar-refractivity contribution in [3.63, 3.8) is 0 Å². The Kier molecular flexibility index (Phi) is 9.59. The van der Waals surface area contributed by atoms with Crippen LogP contribution in [0.4, 0.5) is 0 Å². The molecule has 0 saturated heterocycles. The SMILES string of the molecule is C=CC[Si](C)(C)[c-]1cccc1.[CH2-][Si](C)(C)C.[Pt+4]. The standard InChI is InChI=1S/C10H15Si.C4H11Si.Pt/c1-4-9-11(2,3)10-7-5-6-8-10;1-5(2,3)4;/h4-8H,1,9H2,2-3H3;1H2,2-4H3;/q2*-1;+4. The van der Waals surface area contributed by atoms with Crippen molar-refractivity contribution >= 4 is 21.3 Å². The number of hydrogen-bond donors (Lipinski definition) is 0. The predicted octanol–water partition coefficient (Wildman–Crippen LogP) is 4.20. The molecule has 98 valence electrons. The zero-order chi connectivity index (χ0) is 12.8. The third-order valence-corrected chi connectivity index (χ3v) is 5.30. The van der Waals surface area contributed by atoms with Crippen LogP contribution in [0.5, 0.6) is 0 Å². The van der Waals surface area contributed by atoms with E-state index in [0.717, 1.165) is 0 Å². The second kappa shape index (κ2) is 8.34. The molecule has 0 heterocycles. The smallest absolute Gasteiger partial charge is 0.342 e. The largest absolute Gasteiger partial charge is 4.00 e. The molecule has 0 aliphatic rings. The Bertz CT molecular complexity index is 289. The third kappa shape index (κ3) is 11.1. The third-order valence-electron chi connectivity index (χ3n) is 2.10. The average molecular weight is 446 g/mol. The minimum atomic E-state index is -1.15. The maximum Gasteiger partial charge on any atom is 4.00 e. The van der Waals surface area contributed by atoms with Crippen LogP contribution >= 0.6 is 0 Å². The van der Waals surface area contributed by atoms with Crippen molar-refractivity contribution in [2.45, 2.75) is 38.8 Å². The van der Waals surface area contributed by atoms with Crippen LogP contribution in [0.15, 0.2) is 36.9 Å². The van der Waals surface area contributed by atoms with Gasteiger partial charge in [-0.15, -0.1) is 14.7 Å². The van der Waals surface area contributed by atoms with E-state index in [1.807, 2.05) is 6.08 Å². The van der Waals surface area contributed by atoms with E-state index >= 15 is 0 Å². The first-order chi connectivity index (χ1) is 7.17. The van der Waals surface area contributed by atoms with E-state index in [1.54, 1.807) is 0 Å². The Morgan fingerprint density at radius 1 is 1.12 bits per heavy atom. The van der Waals surface area contributed by atoms with Gasteiger partial charge >= 0.3 is 21.1 Å². The van der Waals surface area contributed by atoms with Gasteiger partial charge in [0.1, 0.15) is 0 Å². The molecule has 0 spiro atoms. The second-order valence-electron chi connectivity index (χ2n) is 6.11. The Morgan fingerprint density at radius 3 is 1.76 bits per heavy atom. The molecular formula is C14H26PtSi2+2. The summed E-state index contributed by atoms with van der Waals surface area (Å²) in [5.74, 6) is 0. The van der Waals surface area contributed by atoms with Crippen molar-refractivity contribution in [2.24, 2.45) is 0 Å². The molecule has 0 amide bonds. The monoisotopic (exact) mass is 445 g/mol. The van der Waals surface area contributed by atoms with Crippen LogP contribution in [-0.4, -0.2) is 16.1 Å². The number of hydrogen-bond acceptors (Lipinski definition) is 0. The summed E-state index contributed by atoms with van der Waals surface area (Å²) in [7, 11) is -2.01. The summed E-state index contributed by atoms with van der Waals surface area (Å²) in [4.78, 5) is 0. The maximum atomic E-state index is 3.91. The van der Waals surface area contributed by atoms with E-state index in [9.17, 15) is 0 Å². The Balaban J connectivity index is 0. The minimum absolute atomic E-state index is 0. The first-order valence-corrected chi connectivity index (χ1v) is 12.8. The fraction of sp³-hybridized carbons (Fsp3) is 0.429. The Morgan fingerprint density at radius 2 is 1.47 bits per heavy atom. The van der Waals surface area contributed by atoms with Crippen molar-refractivity contribution in [1.29, 1.82) is 0 Å². The summed E-state index contributed by atoms with van der Waals surface area (Å²) >= 11 is 0. The quantitative estimate of drug-likeness (QED) is 0.372. The molecule has 17 heavy (non-hydrogen) atoms. The van der Waals surface area contributed by atoms with Gasteiger partial charge in [-0.1, -0.05) is 38.8 Å². The number of rotatable bonds is 3. The second-order valence-corrected chi connectivity index (χ2v) is 16.0. The molecule has 1 rings (SSSR count). The molecule has 0 atom stereocenters. The van der Waals surface area contributed by atoms with E-state index < -0.39 is 16.1 Å². The Hall–Kier alpha value is 0.212. The van der Waals surface area contributed by atoms with Crippen LogP contribution in [0.2, 0.25) is 38.8 Å². The van der Waals surface area contributed by atoms with E-state index in [0.29, 0.717) is 0 Å². The molecule has 0 aliphatic carbocycles. The van der Waals surface area contributed by atoms with Crippen molar-refractivity contribution in [3.8, 4) is 0 Å². The molecule has 0 unspecified atom stereocenters. The molecule has 1 aromatic rings. The summed E-state index contributed by atoms with van der Waals surface area (Å²) in [6.45, 7) is 19.1. The molecule has 3 heteroatoms. The average Bonchev–Trinajstić information content (AvgIpc) is 2.51. The van der Waals surface area contributed by atoms with Gasteiger partial charge in [0, 0.05) is 8.07 Å². The summed E-state index contributed by atoms with van der Waals surface area (Å²) in [6.07, 6.45) is 2.04. The van der Waals surface area contributed by atoms with Gasteiger partial charge in [-0.2, -0.15) is 17.3 Å². The van der Waals surface area contributed by atoms with Crippen LogP contribution in [0, 0.1) is 6.55 Å². The minimum Gasteiger partial charge on any atom is -0.342 e. The van der Waals surface area contributed by atoms with Gasteiger partial charge in [0.25, 0.3) is 0 Å². The summed E-state index contributed by atoms with van der Waals surface area (Å²) in [6, 6.07) is 9.88. The van der Waals surface area contributed by atoms with Crippen molar-refractivity contribution in [3.05, 3.63) is 43.5 Å². The fourth-order valence-electron chi connectivity index (χ4n) is 1.30. The van der Waals surface area contributed by atoms with Gasteiger partial charge in [0.05, 0.1) is 0 Å². The molecule has 0 aliphatic heterocycles. The van der Waals surface area contributed by atoms with Crippen molar-refractivity contribution in [2.75, 3.05) is 0 Å². The van der Waals surface area contributed by atoms with E-state index in [1.165, 1.54) is 11.2 Å². The topological polar surface area (TPSA) is 0 Å². The van der Waals surface area contributed by atoms with Crippen LogP contribution in [0.3, 0.4) is 0 Å². The maximum absolute atomic E-state index is 3.91. The normalized spacial score (nSPS) is 10.9. The molecule has 0 radical (unpaired) electrons. The van der Waals surface area contributed by atoms with Crippen LogP contribution in [-0.2, 0) is 21.1 Å². The predicted molar refractivity (Wildman–Crippen MR) is 82.9 cm³/mol. The van der Waals surface area contributed by atoms with Gasteiger partial charge in [-0.25, -0.2) is 12.1 Å². The van der Waals surface area contributed by atoms with Crippen molar-refractivity contribution in [1.82, 2.24) is 0 Å². The first kappa shape index (κ1) is 19.5.